The molecule has 0 atom stereocenters. The molecule has 1 heterocycles. The normalized spacial score (nSPS) is 10.8. The van der Waals surface area contributed by atoms with Crippen LogP contribution in [0, 0.1) is 0 Å². The predicted molar refractivity (Wildman–Crippen MR) is 105 cm³/mol. The zero-order valence-electron chi connectivity index (χ0n) is 15.4. The third-order valence-corrected chi connectivity index (χ3v) is 4.52. The van der Waals surface area contributed by atoms with Gasteiger partial charge in [0.15, 0.2) is 0 Å². The van der Waals surface area contributed by atoms with Gasteiger partial charge in [-0.15, -0.1) is 0 Å². The van der Waals surface area contributed by atoms with Gasteiger partial charge in [0, 0.05) is 28.6 Å². The lowest BCUT2D eigenvalue weighted by atomic mass is 10.0. The topological polar surface area (TPSA) is 51.3 Å². The summed E-state index contributed by atoms with van der Waals surface area (Å²) in [6, 6.07) is 14.0. The molecule has 0 saturated heterocycles. The molecule has 0 unspecified atom stereocenters. The number of ether oxygens (including phenoxy) is 2. The molecular weight excluding hydrogens is 326 g/mol. The smallest absolute Gasteiger partial charge is 0.124 e. The Morgan fingerprint density at radius 2 is 1.88 bits per heavy atom. The van der Waals surface area contributed by atoms with Crippen LogP contribution in [0.4, 0.5) is 0 Å². The average molecular weight is 351 g/mol. The summed E-state index contributed by atoms with van der Waals surface area (Å²) in [5.74, 6) is 1.66. The first-order valence-corrected chi connectivity index (χ1v) is 9.11. The third kappa shape index (κ3) is 4.07. The van der Waals surface area contributed by atoms with E-state index in [1.54, 1.807) is 7.11 Å². The number of hydrogen-bond acceptors (Lipinski definition) is 3. The van der Waals surface area contributed by atoms with E-state index in [1.165, 1.54) is 12.8 Å². The summed E-state index contributed by atoms with van der Waals surface area (Å²) in [6.07, 6.45) is 4.70. The number of fused-ring (bicyclic) bond motifs is 1. The van der Waals surface area contributed by atoms with Crippen molar-refractivity contribution in [1.29, 1.82) is 0 Å². The van der Waals surface area contributed by atoms with Gasteiger partial charge in [-0.3, -0.25) is 0 Å². The average Bonchev–Trinajstić information content (AvgIpc) is 3.09. The molecule has 0 aliphatic rings. The largest absolute Gasteiger partial charge is 0.497 e. The van der Waals surface area contributed by atoms with Crippen LogP contribution in [0.2, 0.25) is 0 Å². The molecule has 0 fully saturated rings. The first-order chi connectivity index (χ1) is 12.7. The Bertz CT molecular complexity index is 882. The minimum Gasteiger partial charge on any atom is -0.497 e. The van der Waals surface area contributed by atoms with E-state index in [0.717, 1.165) is 51.9 Å². The van der Waals surface area contributed by atoms with Crippen LogP contribution < -0.4 is 9.47 Å². The summed E-state index contributed by atoms with van der Waals surface area (Å²) < 4.78 is 11.2. The molecule has 3 rings (SSSR count). The molecule has 136 valence electrons. The maximum atomic E-state index is 11.1. The highest BCUT2D eigenvalue weighted by Crippen LogP contribution is 2.31. The van der Waals surface area contributed by atoms with E-state index in [2.05, 4.69) is 18.0 Å². The second kappa shape index (κ2) is 8.56. The predicted octanol–water partition coefficient (Wildman–Crippen LogP) is 5.15. The Hall–Kier alpha value is -2.75. The molecule has 0 aliphatic heterocycles. The highest BCUT2D eigenvalue weighted by atomic mass is 16.5. The highest BCUT2D eigenvalue weighted by molar-refractivity contribution is 5.88. The van der Waals surface area contributed by atoms with E-state index >= 15 is 0 Å². The number of carbonyl (C=O) groups excluding carboxylic acids is 1. The fourth-order valence-corrected chi connectivity index (χ4v) is 3.09. The molecule has 0 aliphatic carbocycles. The Morgan fingerprint density at radius 3 is 2.65 bits per heavy atom. The molecular formula is C22H25NO3. The van der Waals surface area contributed by atoms with Gasteiger partial charge in [-0.25, -0.2) is 0 Å². The Labute approximate surface area is 154 Å². The van der Waals surface area contributed by atoms with Gasteiger partial charge in [0.1, 0.15) is 17.8 Å². The summed E-state index contributed by atoms with van der Waals surface area (Å²) in [6.45, 7) is 2.89. The van der Waals surface area contributed by atoms with Crippen molar-refractivity contribution in [1.82, 2.24) is 4.98 Å². The van der Waals surface area contributed by atoms with Crippen LogP contribution in [0.3, 0.4) is 0 Å². The van der Waals surface area contributed by atoms with Crippen molar-refractivity contribution >= 4 is 17.2 Å². The van der Waals surface area contributed by atoms with Crippen LogP contribution in [0.15, 0.2) is 42.5 Å². The van der Waals surface area contributed by atoms with E-state index in [-0.39, 0.29) is 0 Å². The van der Waals surface area contributed by atoms with Crippen LogP contribution in [-0.4, -0.2) is 25.0 Å². The van der Waals surface area contributed by atoms with Crippen LogP contribution in [0.5, 0.6) is 11.5 Å². The summed E-state index contributed by atoms with van der Waals surface area (Å²) in [5.41, 5.74) is 4.00. The first kappa shape index (κ1) is 18.1. The molecule has 0 radical (unpaired) electrons. The van der Waals surface area contributed by atoms with E-state index in [4.69, 9.17) is 9.47 Å². The van der Waals surface area contributed by atoms with Gasteiger partial charge in [-0.2, -0.15) is 0 Å². The fraction of sp³-hybridized carbons (Fsp3) is 0.318. The van der Waals surface area contributed by atoms with E-state index in [1.807, 2.05) is 36.4 Å². The molecule has 0 spiro atoms. The molecule has 3 aromatic rings. The molecule has 26 heavy (non-hydrogen) atoms. The zero-order chi connectivity index (χ0) is 18.4. The van der Waals surface area contributed by atoms with Crippen LogP contribution in [0.25, 0.3) is 22.2 Å². The molecule has 1 aromatic heterocycles. The molecule has 2 aromatic carbocycles. The van der Waals surface area contributed by atoms with Gasteiger partial charge < -0.3 is 19.3 Å². The van der Waals surface area contributed by atoms with Crippen LogP contribution >= 0.6 is 0 Å². The van der Waals surface area contributed by atoms with E-state index in [0.29, 0.717) is 13.0 Å². The molecule has 4 heteroatoms. The lowest BCUT2D eigenvalue weighted by Crippen LogP contribution is -1.99. The summed E-state index contributed by atoms with van der Waals surface area (Å²) in [5, 5.41) is 1.07. The quantitative estimate of drug-likeness (QED) is 0.428. The lowest BCUT2D eigenvalue weighted by molar-refractivity contribution is -0.107. The standard InChI is InChI=1S/C22H25NO3/c1-3-4-5-12-26-19-7-6-16(10-11-24)20(15-19)22-14-17-13-18(25-2)8-9-21(17)23-22/h6-9,11,13-15,23H,3-5,10,12H2,1-2H3. The summed E-state index contributed by atoms with van der Waals surface area (Å²) >= 11 is 0. The van der Waals surface area contributed by atoms with Gasteiger partial charge in [0.25, 0.3) is 0 Å². The summed E-state index contributed by atoms with van der Waals surface area (Å²) in [4.78, 5) is 14.5. The number of nitrogens with one attached hydrogen (secondary N) is 1. The minimum absolute atomic E-state index is 0.379. The molecule has 0 bridgehead atoms. The second-order valence-electron chi connectivity index (χ2n) is 6.38. The number of rotatable bonds is 9. The van der Waals surface area contributed by atoms with Crippen molar-refractivity contribution in [3.8, 4) is 22.8 Å². The monoisotopic (exact) mass is 351 g/mol. The van der Waals surface area contributed by atoms with Crippen molar-refractivity contribution in [2.75, 3.05) is 13.7 Å². The SMILES string of the molecule is CCCCCOc1ccc(CC=O)c(-c2cc3cc(OC)ccc3[nH]2)c1. The number of methoxy groups -OCH3 is 1. The van der Waals surface area contributed by atoms with Crippen molar-refractivity contribution < 1.29 is 14.3 Å². The highest BCUT2D eigenvalue weighted by Gasteiger charge is 2.11. The zero-order valence-corrected chi connectivity index (χ0v) is 15.4. The van der Waals surface area contributed by atoms with Gasteiger partial charge in [0.2, 0.25) is 0 Å². The molecule has 0 saturated carbocycles. The maximum Gasteiger partial charge on any atom is 0.124 e. The first-order valence-electron chi connectivity index (χ1n) is 9.11. The Morgan fingerprint density at radius 1 is 1.04 bits per heavy atom. The Balaban J connectivity index is 1.93. The van der Waals surface area contributed by atoms with Crippen molar-refractivity contribution in [3.63, 3.8) is 0 Å². The van der Waals surface area contributed by atoms with Crippen molar-refractivity contribution in [3.05, 3.63) is 48.0 Å². The maximum absolute atomic E-state index is 11.1. The van der Waals surface area contributed by atoms with E-state index < -0.39 is 0 Å². The number of unbranched alkanes of at least 4 members (excludes halogenated alkanes) is 2. The summed E-state index contributed by atoms with van der Waals surface area (Å²) in [7, 11) is 1.66. The molecule has 0 amide bonds. The number of aromatic nitrogens is 1. The number of H-pyrrole nitrogens is 1. The van der Waals surface area contributed by atoms with Gasteiger partial charge in [-0.1, -0.05) is 25.8 Å². The molecule has 1 N–H and O–H groups in total. The van der Waals surface area contributed by atoms with Gasteiger partial charge >= 0.3 is 0 Å². The number of benzene rings is 2. The third-order valence-electron chi connectivity index (χ3n) is 4.52. The minimum atomic E-state index is 0.379. The van der Waals surface area contributed by atoms with Crippen LogP contribution in [0.1, 0.15) is 31.7 Å². The second-order valence-corrected chi connectivity index (χ2v) is 6.38. The number of aromatic amines is 1. The number of carbonyl (C=O) groups is 1. The number of aldehydes is 1. The van der Waals surface area contributed by atoms with E-state index in [9.17, 15) is 4.79 Å². The van der Waals surface area contributed by atoms with Gasteiger partial charge in [-0.05, 0) is 48.4 Å². The lowest BCUT2D eigenvalue weighted by Gasteiger charge is -2.11. The van der Waals surface area contributed by atoms with Crippen molar-refractivity contribution in [2.24, 2.45) is 0 Å². The fourth-order valence-electron chi connectivity index (χ4n) is 3.09. The number of hydrogen-bond donors (Lipinski definition) is 1. The van der Waals surface area contributed by atoms with Gasteiger partial charge in [0.05, 0.1) is 13.7 Å². The molecule has 4 nitrogen and oxygen atoms in total. The Kier molecular flexibility index (Phi) is 5.95. The van der Waals surface area contributed by atoms with Crippen LogP contribution in [-0.2, 0) is 11.2 Å². The van der Waals surface area contributed by atoms with Crippen molar-refractivity contribution in [2.45, 2.75) is 32.6 Å².